The first kappa shape index (κ1) is 14.8. The van der Waals surface area contributed by atoms with Crippen LogP contribution in [0.5, 0.6) is 0 Å². The molecule has 1 fully saturated rings. The molecule has 1 aliphatic rings. The van der Waals surface area contributed by atoms with E-state index in [0.29, 0.717) is 13.0 Å². The smallest absolute Gasteiger partial charge is 0.326 e. The van der Waals surface area contributed by atoms with E-state index < -0.39 is 18.0 Å². The number of carboxylic acid groups (broad SMARTS) is 1. The fourth-order valence-corrected chi connectivity index (χ4v) is 2.06. The zero-order valence-corrected chi connectivity index (χ0v) is 10.9. The molecule has 2 amide bonds. The summed E-state index contributed by atoms with van der Waals surface area (Å²) in [7, 11) is 0. The molecule has 3 N–H and O–H groups in total. The second-order valence-electron chi connectivity index (χ2n) is 4.60. The third-order valence-corrected chi connectivity index (χ3v) is 3.15. The van der Waals surface area contributed by atoms with Gasteiger partial charge in [-0.05, 0) is 45.3 Å². The number of likely N-dealkylation sites (tertiary alicyclic amines) is 1. The molecule has 6 nitrogen and oxygen atoms in total. The molecule has 18 heavy (non-hydrogen) atoms. The first-order valence-corrected chi connectivity index (χ1v) is 6.63. The molecule has 0 aromatic carbocycles. The molecule has 0 aromatic heterocycles. The van der Waals surface area contributed by atoms with Gasteiger partial charge in [-0.2, -0.15) is 0 Å². The number of urea groups is 1. The summed E-state index contributed by atoms with van der Waals surface area (Å²) in [4.78, 5) is 24.5. The van der Waals surface area contributed by atoms with Crippen LogP contribution in [0.15, 0.2) is 0 Å². The predicted molar refractivity (Wildman–Crippen MR) is 68.5 cm³/mol. The van der Waals surface area contributed by atoms with Crippen molar-refractivity contribution in [3.63, 3.8) is 0 Å². The van der Waals surface area contributed by atoms with E-state index in [2.05, 4.69) is 15.5 Å². The zero-order valence-electron chi connectivity index (χ0n) is 10.9. The van der Waals surface area contributed by atoms with E-state index >= 15 is 0 Å². The molecule has 0 spiro atoms. The Kier molecular flexibility index (Phi) is 6.49. The summed E-state index contributed by atoms with van der Waals surface area (Å²) < 4.78 is 0. The lowest BCUT2D eigenvalue weighted by Gasteiger charge is -2.15. The third-order valence-electron chi connectivity index (χ3n) is 3.15. The van der Waals surface area contributed by atoms with Gasteiger partial charge in [-0.3, -0.25) is 0 Å². The predicted octanol–water partition coefficient (Wildman–Crippen LogP) is 0.635. The van der Waals surface area contributed by atoms with Crippen LogP contribution in [0.2, 0.25) is 0 Å². The molecule has 104 valence electrons. The van der Waals surface area contributed by atoms with Gasteiger partial charge < -0.3 is 20.6 Å². The highest BCUT2D eigenvalue weighted by atomic mass is 16.4. The van der Waals surface area contributed by atoms with Crippen LogP contribution >= 0.6 is 0 Å². The lowest BCUT2D eigenvalue weighted by molar-refractivity contribution is -0.139. The van der Waals surface area contributed by atoms with Crippen molar-refractivity contribution >= 4 is 12.0 Å². The average Bonchev–Trinajstić information content (AvgIpc) is 2.84. The number of carboxylic acids is 1. The Morgan fingerprint density at radius 1 is 1.33 bits per heavy atom. The molecule has 0 aliphatic carbocycles. The standard InChI is InChI=1S/C12H23N3O3/c1-2-10(11(16)17)14-12(18)13-6-5-9-15-7-3-4-8-15/h10H,2-9H2,1H3,(H,16,17)(H2,13,14,18)/t10-/m1/s1. The van der Waals surface area contributed by atoms with Gasteiger partial charge in [-0.25, -0.2) is 9.59 Å². The quantitative estimate of drug-likeness (QED) is 0.584. The molecule has 0 unspecified atom stereocenters. The van der Waals surface area contributed by atoms with Crippen molar-refractivity contribution in [3.05, 3.63) is 0 Å². The summed E-state index contributed by atoms with van der Waals surface area (Å²) in [5, 5.41) is 13.9. The molecule has 6 heteroatoms. The monoisotopic (exact) mass is 257 g/mol. The van der Waals surface area contributed by atoms with Gasteiger partial charge >= 0.3 is 12.0 Å². The van der Waals surface area contributed by atoms with Crippen LogP contribution in [0.1, 0.15) is 32.6 Å². The Balaban J connectivity index is 2.07. The minimum Gasteiger partial charge on any atom is -0.480 e. The van der Waals surface area contributed by atoms with Gasteiger partial charge in [0.2, 0.25) is 0 Å². The Hall–Kier alpha value is -1.30. The molecular formula is C12H23N3O3. The summed E-state index contributed by atoms with van der Waals surface area (Å²) in [5.41, 5.74) is 0. The molecule has 0 radical (unpaired) electrons. The largest absolute Gasteiger partial charge is 0.480 e. The second-order valence-corrected chi connectivity index (χ2v) is 4.60. The number of rotatable bonds is 7. The average molecular weight is 257 g/mol. The van der Waals surface area contributed by atoms with Crippen LogP contribution in [-0.4, -0.2) is 54.2 Å². The van der Waals surface area contributed by atoms with Crippen molar-refractivity contribution in [2.45, 2.75) is 38.6 Å². The number of hydrogen-bond donors (Lipinski definition) is 3. The summed E-state index contributed by atoms with van der Waals surface area (Å²) >= 11 is 0. The molecular weight excluding hydrogens is 234 g/mol. The molecule has 0 bridgehead atoms. The van der Waals surface area contributed by atoms with E-state index in [9.17, 15) is 9.59 Å². The van der Waals surface area contributed by atoms with E-state index in [0.717, 1.165) is 26.1 Å². The molecule has 1 aliphatic heterocycles. The van der Waals surface area contributed by atoms with Gasteiger partial charge in [0.1, 0.15) is 6.04 Å². The normalized spacial score (nSPS) is 17.4. The van der Waals surface area contributed by atoms with E-state index in [4.69, 9.17) is 5.11 Å². The SMILES string of the molecule is CC[C@@H](NC(=O)NCCCN1CCCC1)C(=O)O. The van der Waals surface area contributed by atoms with Crippen LogP contribution in [-0.2, 0) is 4.79 Å². The number of nitrogens with one attached hydrogen (secondary N) is 2. The van der Waals surface area contributed by atoms with E-state index in [1.54, 1.807) is 6.92 Å². The van der Waals surface area contributed by atoms with Crippen LogP contribution in [0.3, 0.4) is 0 Å². The van der Waals surface area contributed by atoms with Crippen molar-refractivity contribution in [3.8, 4) is 0 Å². The highest BCUT2D eigenvalue weighted by Crippen LogP contribution is 2.06. The zero-order chi connectivity index (χ0) is 13.4. The van der Waals surface area contributed by atoms with Gasteiger partial charge in [0, 0.05) is 6.54 Å². The maximum Gasteiger partial charge on any atom is 0.326 e. The lowest BCUT2D eigenvalue weighted by Crippen LogP contribution is -2.46. The van der Waals surface area contributed by atoms with Crippen LogP contribution in [0.25, 0.3) is 0 Å². The van der Waals surface area contributed by atoms with Crippen molar-refractivity contribution in [1.29, 1.82) is 0 Å². The maximum atomic E-state index is 11.4. The number of carbonyl (C=O) groups is 2. The van der Waals surface area contributed by atoms with Crippen molar-refractivity contribution in [2.75, 3.05) is 26.2 Å². The molecule has 1 rings (SSSR count). The summed E-state index contributed by atoms with van der Waals surface area (Å²) in [6.45, 7) is 5.62. The van der Waals surface area contributed by atoms with E-state index in [1.165, 1.54) is 12.8 Å². The number of carbonyl (C=O) groups excluding carboxylic acids is 1. The Bertz CT molecular complexity index is 278. The Morgan fingerprint density at radius 2 is 2.00 bits per heavy atom. The molecule has 0 aromatic rings. The Labute approximate surface area is 108 Å². The van der Waals surface area contributed by atoms with Gasteiger partial charge in [0.25, 0.3) is 0 Å². The second kappa shape index (κ2) is 7.92. The lowest BCUT2D eigenvalue weighted by atomic mass is 10.2. The van der Waals surface area contributed by atoms with Gasteiger partial charge in [0.15, 0.2) is 0 Å². The molecule has 1 saturated heterocycles. The van der Waals surface area contributed by atoms with Crippen molar-refractivity contribution in [2.24, 2.45) is 0 Å². The highest BCUT2D eigenvalue weighted by Gasteiger charge is 2.17. The molecule has 1 atom stereocenters. The third kappa shape index (κ3) is 5.35. The number of aliphatic carboxylic acids is 1. The van der Waals surface area contributed by atoms with Crippen LogP contribution < -0.4 is 10.6 Å². The molecule has 1 heterocycles. The van der Waals surface area contributed by atoms with Crippen molar-refractivity contribution in [1.82, 2.24) is 15.5 Å². The highest BCUT2D eigenvalue weighted by molar-refractivity contribution is 5.82. The molecule has 0 saturated carbocycles. The number of amides is 2. The van der Waals surface area contributed by atoms with E-state index in [1.807, 2.05) is 0 Å². The fraction of sp³-hybridized carbons (Fsp3) is 0.833. The topological polar surface area (TPSA) is 81.7 Å². The minimum atomic E-state index is -0.996. The van der Waals surface area contributed by atoms with Crippen LogP contribution in [0.4, 0.5) is 4.79 Å². The van der Waals surface area contributed by atoms with Gasteiger partial charge in [0.05, 0.1) is 0 Å². The van der Waals surface area contributed by atoms with Crippen molar-refractivity contribution < 1.29 is 14.7 Å². The fourth-order valence-electron chi connectivity index (χ4n) is 2.06. The minimum absolute atomic E-state index is 0.385. The first-order chi connectivity index (χ1) is 8.63. The maximum absolute atomic E-state index is 11.4. The summed E-state index contributed by atoms with van der Waals surface area (Å²) in [6, 6.07) is -1.20. The van der Waals surface area contributed by atoms with Gasteiger partial charge in [-0.1, -0.05) is 6.92 Å². The summed E-state index contributed by atoms with van der Waals surface area (Å²) in [6.07, 6.45) is 3.82. The van der Waals surface area contributed by atoms with Gasteiger partial charge in [-0.15, -0.1) is 0 Å². The van der Waals surface area contributed by atoms with E-state index in [-0.39, 0.29) is 0 Å². The number of nitrogens with zero attached hydrogens (tertiary/aromatic N) is 1. The van der Waals surface area contributed by atoms with Crippen LogP contribution in [0, 0.1) is 0 Å². The number of hydrogen-bond acceptors (Lipinski definition) is 3. The summed E-state index contributed by atoms with van der Waals surface area (Å²) in [5.74, 6) is -0.996. The Morgan fingerprint density at radius 3 is 2.56 bits per heavy atom. The first-order valence-electron chi connectivity index (χ1n) is 6.63.